The van der Waals surface area contributed by atoms with Crippen LogP contribution in [0.3, 0.4) is 0 Å². The van der Waals surface area contributed by atoms with E-state index in [-0.39, 0.29) is 30.7 Å². The van der Waals surface area contributed by atoms with Gasteiger partial charge in [-0.1, -0.05) is 18.2 Å². The molecule has 1 aliphatic heterocycles. The van der Waals surface area contributed by atoms with E-state index in [1.54, 1.807) is 0 Å². The van der Waals surface area contributed by atoms with Gasteiger partial charge in [-0.05, 0) is 26.1 Å². The van der Waals surface area contributed by atoms with E-state index < -0.39 is 0 Å². The molecule has 0 radical (unpaired) electrons. The molecule has 1 aliphatic rings. The quantitative estimate of drug-likeness (QED) is 0.579. The third-order valence-electron chi connectivity index (χ3n) is 4.05. The Morgan fingerprint density at radius 1 is 1.23 bits per heavy atom. The molecule has 0 aromatic heterocycles. The van der Waals surface area contributed by atoms with E-state index in [4.69, 9.17) is 9.47 Å². The Balaban J connectivity index is 0.00000312. The van der Waals surface area contributed by atoms with Gasteiger partial charge in [-0.3, -0.25) is 9.69 Å². The van der Waals surface area contributed by atoms with Crippen molar-refractivity contribution in [2.45, 2.75) is 19.4 Å². The molecule has 0 spiro atoms. The highest BCUT2D eigenvalue weighted by Crippen LogP contribution is 2.17. The minimum absolute atomic E-state index is 0. The molecule has 0 saturated carbocycles. The molecule has 8 heteroatoms. The monoisotopic (exact) mass is 407 g/mol. The predicted octanol–water partition coefficient (Wildman–Crippen LogP) is 1.86. The van der Waals surface area contributed by atoms with Crippen molar-refractivity contribution >= 4 is 30.7 Å². The molecule has 1 amide bonds. The van der Waals surface area contributed by atoms with Crippen LogP contribution in [-0.2, 0) is 16.1 Å². The van der Waals surface area contributed by atoms with Gasteiger partial charge in [-0.2, -0.15) is 0 Å². The van der Waals surface area contributed by atoms with Crippen molar-refractivity contribution in [3.05, 3.63) is 29.8 Å². The largest absolute Gasteiger partial charge is 0.492 e. The Labute approximate surface area is 168 Å². The van der Waals surface area contributed by atoms with E-state index in [1.165, 1.54) is 0 Å². The highest BCUT2D eigenvalue weighted by atomic mass is 35.5. The van der Waals surface area contributed by atoms with E-state index in [0.717, 1.165) is 57.1 Å². The lowest BCUT2D eigenvalue weighted by molar-refractivity contribution is -0.121. The summed E-state index contributed by atoms with van der Waals surface area (Å²) in [6.07, 6.45) is 1.39. The Morgan fingerprint density at radius 2 is 1.96 bits per heavy atom. The van der Waals surface area contributed by atoms with Gasteiger partial charge in [0.05, 0.1) is 13.2 Å². The van der Waals surface area contributed by atoms with Crippen LogP contribution in [0.5, 0.6) is 5.75 Å². The molecule has 0 bridgehead atoms. The number of carbonyl (C=O) groups is 1. The van der Waals surface area contributed by atoms with Crippen molar-refractivity contribution in [2.24, 2.45) is 0 Å². The minimum atomic E-state index is 0. The number of benzene rings is 1. The fourth-order valence-corrected chi connectivity index (χ4v) is 2.61. The van der Waals surface area contributed by atoms with Gasteiger partial charge >= 0.3 is 0 Å². The average Bonchev–Trinajstić information content (AvgIpc) is 2.62. The van der Waals surface area contributed by atoms with Gasteiger partial charge in [-0.15, -0.1) is 24.8 Å². The first-order valence-electron chi connectivity index (χ1n) is 8.71. The first-order valence-corrected chi connectivity index (χ1v) is 8.71. The van der Waals surface area contributed by atoms with Crippen LogP contribution < -0.4 is 15.4 Å². The van der Waals surface area contributed by atoms with Gasteiger partial charge in [0.25, 0.3) is 0 Å². The molecule has 150 valence electrons. The van der Waals surface area contributed by atoms with Crippen molar-refractivity contribution in [2.75, 3.05) is 53.0 Å². The van der Waals surface area contributed by atoms with Crippen LogP contribution in [0.2, 0.25) is 0 Å². The van der Waals surface area contributed by atoms with Crippen LogP contribution in [-0.4, -0.2) is 63.9 Å². The van der Waals surface area contributed by atoms with Crippen molar-refractivity contribution in [1.82, 2.24) is 15.5 Å². The van der Waals surface area contributed by atoms with E-state index in [9.17, 15) is 4.79 Å². The second-order valence-electron chi connectivity index (χ2n) is 5.89. The molecule has 0 unspecified atom stereocenters. The Hall–Kier alpha value is -1.05. The van der Waals surface area contributed by atoms with E-state index >= 15 is 0 Å². The Kier molecular flexibility index (Phi) is 14.4. The number of para-hydroxylation sites is 1. The average molecular weight is 408 g/mol. The van der Waals surface area contributed by atoms with Crippen LogP contribution >= 0.6 is 24.8 Å². The summed E-state index contributed by atoms with van der Waals surface area (Å²) in [6.45, 7) is 6.44. The number of halogens is 2. The summed E-state index contributed by atoms with van der Waals surface area (Å²) < 4.78 is 11.3. The molecular formula is C18H31Cl2N3O3. The number of morpholine rings is 1. The standard InChI is InChI=1S/C18H29N3O3.2ClH/c1-19-8-4-7-18(22)20-15-16-5-2-3-6-17(16)24-14-11-21-9-12-23-13-10-21;;/h2-3,5-6,19H,4,7-15H2,1H3,(H,20,22);2*1H. The van der Waals surface area contributed by atoms with Crippen molar-refractivity contribution < 1.29 is 14.3 Å². The van der Waals surface area contributed by atoms with E-state index in [2.05, 4.69) is 15.5 Å². The van der Waals surface area contributed by atoms with Gasteiger partial charge in [0.1, 0.15) is 12.4 Å². The first kappa shape index (κ1) is 24.9. The Bertz CT molecular complexity index is 500. The van der Waals surface area contributed by atoms with Gasteiger partial charge < -0.3 is 20.1 Å². The zero-order valence-electron chi connectivity index (χ0n) is 15.4. The predicted molar refractivity (Wildman–Crippen MR) is 109 cm³/mol. The number of nitrogens with zero attached hydrogens (tertiary/aromatic N) is 1. The molecule has 1 heterocycles. The lowest BCUT2D eigenvalue weighted by Gasteiger charge is -2.26. The molecule has 2 rings (SSSR count). The lowest BCUT2D eigenvalue weighted by Crippen LogP contribution is -2.38. The van der Waals surface area contributed by atoms with Crippen LogP contribution in [0.25, 0.3) is 0 Å². The number of carbonyl (C=O) groups excluding carboxylic acids is 1. The van der Waals surface area contributed by atoms with Gasteiger partial charge in [-0.25, -0.2) is 0 Å². The summed E-state index contributed by atoms with van der Waals surface area (Å²) in [5.74, 6) is 0.926. The molecule has 0 aliphatic carbocycles. The van der Waals surface area contributed by atoms with Crippen molar-refractivity contribution in [3.8, 4) is 5.75 Å². The fourth-order valence-electron chi connectivity index (χ4n) is 2.61. The minimum Gasteiger partial charge on any atom is -0.492 e. The molecule has 6 nitrogen and oxygen atoms in total. The maximum atomic E-state index is 11.8. The highest BCUT2D eigenvalue weighted by Gasteiger charge is 2.11. The number of amides is 1. The maximum absolute atomic E-state index is 11.8. The van der Waals surface area contributed by atoms with Crippen molar-refractivity contribution in [3.63, 3.8) is 0 Å². The highest BCUT2D eigenvalue weighted by molar-refractivity contribution is 5.85. The summed E-state index contributed by atoms with van der Waals surface area (Å²) in [5.41, 5.74) is 1.02. The second-order valence-corrected chi connectivity index (χ2v) is 5.89. The maximum Gasteiger partial charge on any atom is 0.220 e. The smallest absolute Gasteiger partial charge is 0.220 e. The zero-order chi connectivity index (χ0) is 17.0. The summed E-state index contributed by atoms with van der Waals surface area (Å²) >= 11 is 0. The van der Waals surface area contributed by atoms with Crippen LogP contribution in [0.15, 0.2) is 24.3 Å². The van der Waals surface area contributed by atoms with Crippen LogP contribution in [0.1, 0.15) is 18.4 Å². The first-order chi connectivity index (χ1) is 11.8. The van der Waals surface area contributed by atoms with Crippen LogP contribution in [0.4, 0.5) is 0 Å². The number of hydrogen-bond donors (Lipinski definition) is 2. The van der Waals surface area contributed by atoms with Gasteiger partial charge in [0.2, 0.25) is 5.91 Å². The summed E-state index contributed by atoms with van der Waals surface area (Å²) in [7, 11) is 1.89. The second kappa shape index (κ2) is 15.1. The third-order valence-corrected chi connectivity index (χ3v) is 4.05. The molecule has 0 atom stereocenters. The molecular weight excluding hydrogens is 377 g/mol. The van der Waals surface area contributed by atoms with Crippen molar-refractivity contribution in [1.29, 1.82) is 0 Å². The zero-order valence-corrected chi connectivity index (χ0v) is 17.0. The molecule has 2 N–H and O–H groups in total. The van der Waals surface area contributed by atoms with Crippen LogP contribution in [0, 0.1) is 0 Å². The molecule has 1 aromatic rings. The van der Waals surface area contributed by atoms with E-state index in [0.29, 0.717) is 19.6 Å². The summed E-state index contributed by atoms with van der Waals surface area (Å²) in [4.78, 5) is 14.2. The Morgan fingerprint density at radius 3 is 2.69 bits per heavy atom. The number of hydrogen-bond acceptors (Lipinski definition) is 5. The lowest BCUT2D eigenvalue weighted by atomic mass is 10.2. The topological polar surface area (TPSA) is 62.8 Å². The summed E-state index contributed by atoms with van der Waals surface area (Å²) in [6, 6.07) is 7.89. The van der Waals surface area contributed by atoms with E-state index in [1.807, 2.05) is 31.3 Å². The van der Waals surface area contributed by atoms with Gasteiger partial charge in [0, 0.05) is 38.2 Å². The molecule has 26 heavy (non-hydrogen) atoms. The fraction of sp³-hybridized carbons (Fsp3) is 0.611. The molecule has 1 aromatic carbocycles. The normalized spacial score (nSPS) is 14.0. The number of ether oxygens (including phenoxy) is 2. The molecule has 1 saturated heterocycles. The SMILES string of the molecule is CNCCCC(=O)NCc1ccccc1OCCN1CCOCC1.Cl.Cl. The van der Waals surface area contributed by atoms with Gasteiger partial charge in [0.15, 0.2) is 0 Å². The summed E-state index contributed by atoms with van der Waals surface area (Å²) in [5, 5.41) is 6.01. The third kappa shape index (κ3) is 9.59. The number of nitrogens with one attached hydrogen (secondary N) is 2. The molecule has 1 fully saturated rings. The number of rotatable bonds is 10.